The number of hydrogen-bond donors (Lipinski definition) is 1. The van der Waals surface area contributed by atoms with Crippen LogP contribution in [0.4, 0.5) is 0 Å². The van der Waals surface area contributed by atoms with Crippen LogP contribution in [0.15, 0.2) is 53.3 Å². The second-order valence-corrected chi connectivity index (χ2v) is 6.68. The summed E-state index contributed by atoms with van der Waals surface area (Å²) >= 11 is 0. The zero-order valence-corrected chi connectivity index (χ0v) is 15.6. The van der Waals surface area contributed by atoms with Gasteiger partial charge in [0.2, 0.25) is 0 Å². The molecule has 0 saturated carbocycles. The number of rotatable bonds is 5. The van der Waals surface area contributed by atoms with Crippen LogP contribution < -0.4 is 20.6 Å². The van der Waals surface area contributed by atoms with Gasteiger partial charge in [-0.15, -0.1) is 0 Å². The maximum Gasteiger partial charge on any atom is 0.350 e. The Morgan fingerprint density at radius 2 is 1.81 bits per heavy atom. The van der Waals surface area contributed by atoms with Crippen LogP contribution in [0.1, 0.15) is 12.7 Å². The number of nitrogens with zero attached hydrogens (tertiary/aromatic N) is 2. The van der Waals surface area contributed by atoms with Gasteiger partial charge < -0.3 is 10.1 Å². The summed E-state index contributed by atoms with van der Waals surface area (Å²) in [7, 11) is 0. The summed E-state index contributed by atoms with van der Waals surface area (Å²) in [6.07, 6.45) is 0. The summed E-state index contributed by atoms with van der Waals surface area (Å²) in [6, 6.07) is 15.4. The van der Waals surface area contributed by atoms with Crippen molar-refractivity contribution in [3.05, 3.63) is 64.7 Å². The molecule has 0 amide bonds. The van der Waals surface area contributed by atoms with E-state index in [4.69, 9.17) is 4.74 Å². The van der Waals surface area contributed by atoms with Crippen molar-refractivity contribution in [2.75, 3.05) is 32.8 Å². The molecule has 0 bridgehead atoms. The molecule has 0 spiro atoms. The minimum absolute atomic E-state index is 0.0263. The number of nitrogens with one attached hydrogen (secondary N) is 2. The second-order valence-electron chi connectivity index (χ2n) is 6.68. The molecule has 3 aromatic rings. The Bertz CT molecular complexity index is 993. The third kappa shape index (κ3) is 3.59. The molecule has 1 aliphatic rings. The SMILES string of the molecule is CCOc1ccccc1-n1c(CN2CCNCC2)[nH+]c2ccccc2c1=O. The van der Waals surface area contributed by atoms with Gasteiger partial charge >= 0.3 is 5.56 Å². The summed E-state index contributed by atoms with van der Waals surface area (Å²) in [5, 5.41) is 4.05. The minimum atomic E-state index is -0.0263. The summed E-state index contributed by atoms with van der Waals surface area (Å²) in [5.41, 5.74) is 1.61. The lowest BCUT2D eigenvalue weighted by atomic mass is 10.2. The number of fused-ring (bicyclic) bond motifs is 1. The third-order valence-electron chi connectivity index (χ3n) is 4.90. The Kier molecular flexibility index (Phi) is 5.18. The van der Waals surface area contributed by atoms with Gasteiger partial charge in [0, 0.05) is 26.2 Å². The third-order valence-corrected chi connectivity index (χ3v) is 4.90. The molecular weight excluding hydrogens is 340 g/mol. The first-order valence-corrected chi connectivity index (χ1v) is 9.49. The van der Waals surface area contributed by atoms with E-state index in [0.29, 0.717) is 24.3 Å². The lowest BCUT2D eigenvalue weighted by Crippen LogP contribution is -2.45. The van der Waals surface area contributed by atoms with E-state index in [2.05, 4.69) is 15.2 Å². The first-order valence-electron chi connectivity index (χ1n) is 9.49. The Morgan fingerprint density at radius 1 is 1.07 bits per heavy atom. The van der Waals surface area contributed by atoms with E-state index in [1.807, 2.05) is 55.5 Å². The molecule has 2 N–H and O–H groups in total. The Morgan fingerprint density at radius 3 is 2.63 bits per heavy atom. The molecule has 2 aromatic carbocycles. The fraction of sp³-hybridized carbons (Fsp3) is 0.333. The predicted octanol–water partition coefficient (Wildman–Crippen LogP) is 1.61. The van der Waals surface area contributed by atoms with Crippen molar-refractivity contribution in [1.82, 2.24) is 14.8 Å². The highest BCUT2D eigenvalue weighted by Gasteiger charge is 2.25. The molecule has 1 aliphatic heterocycles. The summed E-state index contributed by atoms with van der Waals surface area (Å²) < 4.78 is 7.58. The molecule has 27 heavy (non-hydrogen) atoms. The lowest BCUT2D eigenvalue weighted by molar-refractivity contribution is -0.368. The first-order chi connectivity index (χ1) is 13.3. The topological polar surface area (TPSA) is 60.6 Å². The molecule has 6 nitrogen and oxygen atoms in total. The van der Waals surface area contributed by atoms with Gasteiger partial charge in [0.15, 0.2) is 11.4 Å². The summed E-state index contributed by atoms with van der Waals surface area (Å²) in [5.74, 6) is 1.58. The molecule has 0 aliphatic carbocycles. The van der Waals surface area contributed by atoms with Crippen LogP contribution in [0.5, 0.6) is 5.75 Å². The van der Waals surface area contributed by atoms with Gasteiger partial charge in [-0.1, -0.05) is 24.3 Å². The fourth-order valence-electron chi connectivity index (χ4n) is 3.60. The minimum Gasteiger partial charge on any atom is -0.489 e. The first kappa shape index (κ1) is 17.7. The summed E-state index contributed by atoms with van der Waals surface area (Å²) in [4.78, 5) is 19.3. The number of piperazine rings is 1. The van der Waals surface area contributed by atoms with Crippen molar-refractivity contribution >= 4 is 10.9 Å². The highest BCUT2D eigenvalue weighted by atomic mass is 16.5. The predicted molar refractivity (Wildman–Crippen MR) is 105 cm³/mol. The van der Waals surface area contributed by atoms with Crippen molar-refractivity contribution in [1.29, 1.82) is 0 Å². The molecular formula is C21H25N4O2+. The van der Waals surface area contributed by atoms with Crippen LogP contribution in [0.2, 0.25) is 0 Å². The molecule has 2 heterocycles. The van der Waals surface area contributed by atoms with Gasteiger partial charge in [-0.25, -0.2) is 9.78 Å². The molecule has 1 fully saturated rings. The molecule has 0 radical (unpaired) electrons. The fourth-order valence-corrected chi connectivity index (χ4v) is 3.60. The van der Waals surface area contributed by atoms with Gasteiger partial charge in [0.25, 0.3) is 5.82 Å². The molecule has 6 heteroatoms. The van der Waals surface area contributed by atoms with Crippen LogP contribution >= 0.6 is 0 Å². The zero-order chi connectivity index (χ0) is 18.6. The van der Waals surface area contributed by atoms with Crippen LogP contribution in [0.25, 0.3) is 16.6 Å². The van der Waals surface area contributed by atoms with Gasteiger partial charge in [0.05, 0.1) is 6.61 Å². The van der Waals surface area contributed by atoms with Crippen LogP contribution in [-0.4, -0.2) is 42.3 Å². The van der Waals surface area contributed by atoms with E-state index in [9.17, 15) is 4.79 Å². The van der Waals surface area contributed by atoms with Gasteiger partial charge in [-0.05, 0) is 31.2 Å². The molecule has 4 rings (SSSR count). The highest BCUT2D eigenvalue weighted by Crippen LogP contribution is 2.23. The Hall–Kier alpha value is -2.70. The smallest absolute Gasteiger partial charge is 0.350 e. The number of H-pyrrole nitrogens is 1. The maximum absolute atomic E-state index is 13.4. The standard InChI is InChI=1S/C21H24N4O2/c1-2-27-19-10-6-5-9-18(19)25-20(15-24-13-11-22-12-14-24)23-17-8-4-3-7-16(17)21(25)26/h3-10,22H,2,11-15H2,1H3/p+1. The summed E-state index contributed by atoms with van der Waals surface area (Å²) in [6.45, 7) is 7.04. The second kappa shape index (κ2) is 7.90. The number of benzene rings is 2. The molecule has 140 valence electrons. The molecule has 1 saturated heterocycles. The normalized spacial score (nSPS) is 15.1. The molecule has 0 unspecified atom stereocenters. The number of aromatic nitrogens is 2. The van der Waals surface area contributed by atoms with E-state index in [1.54, 1.807) is 4.57 Å². The van der Waals surface area contributed by atoms with Gasteiger partial charge in [-0.2, -0.15) is 4.57 Å². The van der Waals surface area contributed by atoms with Gasteiger partial charge in [0.1, 0.15) is 17.4 Å². The molecule has 1 aromatic heterocycles. The Labute approximate surface area is 158 Å². The Balaban J connectivity index is 1.90. The lowest BCUT2D eigenvalue weighted by Gasteiger charge is -2.26. The van der Waals surface area contributed by atoms with Crippen LogP contribution in [0.3, 0.4) is 0 Å². The van der Waals surface area contributed by atoms with Crippen molar-refractivity contribution in [3.63, 3.8) is 0 Å². The van der Waals surface area contributed by atoms with E-state index in [0.717, 1.165) is 43.2 Å². The van der Waals surface area contributed by atoms with Crippen LogP contribution in [0, 0.1) is 0 Å². The van der Waals surface area contributed by atoms with Crippen molar-refractivity contribution in [3.8, 4) is 11.4 Å². The quantitative estimate of drug-likeness (QED) is 0.746. The van der Waals surface area contributed by atoms with Gasteiger partial charge in [-0.3, -0.25) is 4.90 Å². The largest absolute Gasteiger partial charge is 0.489 e. The van der Waals surface area contributed by atoms with Crippen molar-refractivity contribution in [2.45, 2.75) is 13.5 Å². The van der Waals surface area contributed by atoms with E-state index in [1.165, 1.54) is 0 Å². The molecule has 0 atom stereocenters. The average Bonchev–Trinajstić information content (AvgIpc) is 2.70. The van der Waals surface area contributed by atoms with Crippen molar-refractivity contribution in [2.24, 2.45) is 0 Å². The highest BCUT2D eigenvalue weighted by molar-refractivity contribution is 5.74. The van der Waals surface area contributed by atoms with E-state index in [-0.39, 0.29) is 5.56 Å². The average molecular weight is 365 g/mol. The monoisotopic (exact) mass is 365 g/mol. The number of hydrogen-bond acceptors (Lipinski definition) is 4. The van der Waals surface area contributed by atoms with E-state index >= 15 is 0 Å². The number of ether oxygens (including phenoxy) is 1. The van der Waals surface area contributed by atoms with Crippen molar-refractivity contribution < 1.29 is 9.72 Å². The maximum atomic E-state index is 13.4. The zero-order valence-electron chi connectivity index (χ0n) is 15.6. The number of aromatic amines is 1. The van der Waals surface area contributed by atoms with E-state index < -0.39 is 0 Å². The number of para-hydroxylation sites is 3. The van der Waals surface area contributed by atoms with Crippen LogP contribution in [-0.2, 0) is 6.54 Å².